The van der Waals surface area contributed by atoms with Gasteiger partial charge in [-0.15, -0.1) is 0 Å². The van der Waals surface area contributed by atoms with E-state index in [0.29, 0.717) is 12.5 Å². The molecular weight excluding hydrogens is 222 g/mol. The maximum atomic E-state index is 5.59. The van der Waals surface area contributed by atoms with Crippen LogP contribution in [0, 0.1) is 23.7 Å². The van der Waals surface area contributed by atoms with E-state index in [4.69, 9.17) is 5.73 Å². The van der Waals surface area contributed by atoms with Crippen LogP contribution in [0.2, 0.25) is 0 Å². The fraction of sp³-hybridized carbons (Fsp3) is 0.733. The van der Waals surface area contributed by atoms with Gasteiger partial charge in [0.05, 0.1) is 17.6 Å². The number of aromatic nitrogens is 2. The van der Waals surface area contributed by atoms with Crippen LogP contribution in [0.3, 0.4) is 0 Å². The monoisotopic (exact) mass is 243 g/mol. The van der Waals surface area contributed by atoms with Gasteiger partial charge in [0.2, 0.25) is 0 Å². The second-order valence-corrected chi connectivity index (χ2v) is 6.59. The molecule has 3 heteroatoms. The number of nitrogens with two attached hydrogens (primary N) is 1. The van der Waals surface area contributed by atoms with Crippen LogP contribution in [0.25, 0.3) is 0 Å². The van der Waals surface area contributed by atoms with Gasteiger partial charge in [-0.3, -0.25) is 9.97 Å². The Balaban J connectivity index is 1.63. The van der Waals surface area contributed by atoms with Gasteiger partial charge in [0, 0.05) is 18.7 Å². The summed E-state index contributed by atoms with van der Waals surface area (Å²) in [6, 6.07) is 0. The molecule has 4 aliphatic carbocycles. The van der Waals surface area contributed by atoms with Gasteiger partial charge in [0.1, 0.15) is 0 Å². The van der Waals surface area contributed by atoms with E-state index in [2.05, 4.69) is 9.97 Å². The Morgan fingerprint density at radius 3 is 2.11 bits per heavy atom. The molecule has 18 heavy (non-hydrogen) atoms. The molecule has 1 heterocycles. The summed E-state index contributed by atoms with van der Waals surface area (Å²) in [4.78, 5) is 9.10. The molecular formula is C15H21N3. The van der Waals surface area contributed by atoms with E-state index >= 15 is 0 Å². The van der Waals surface area contributed by atoms with Crippen LogP contribution in [-0.2, 0) is 6.54 Å². The third-order valence-corrected chi connectivity index (χ3v) is 5.50. The lowest BCUT2D eigenvalue weighted by Crippen LogP contribution is -2.44. The van der Waals surface area contributed by atoms with Gasteiger partial charge in [0.15, 0.2) is 0 Å². The van der Waals surface area contributed by atoms with Crippen molar-refractivity contribution in [2.75, 3.05) is 0 Å². The minimum Gasteiger partial charge on any atom is -0.325 e. The molecule has 1 aromatic rings. The fourth-order valence-corrected chi connectivity index (χ4v) is 5.05. The van der Waals surface area contributed by atoms with Crippen LogP contribution in [0.4, 0.5) is 0 Å². The molecule has 4 bridgehead atoms. The zero-order valence-electron chi connectivity index (χ0n) is 10.8. The van der Waals surface area contributed by atoms with Crippen molar-refractivity contribution in [2.45, 2.75) is 44.6 Å². The van der Waals surface area contributed by atoms with Gasteiger partial charge in [0.25, 0.3) is 0 Å². The average molecular weight is 243 g/mol. The molecule has 4 saturated carbocycles. The summed E-state index contributed by atoms with van der Waals surface area (Å²) in [6.07, 6.45) is 11.2. The van der Waals surface area contributed by atoms with Gasteiger partial charge >= 0.3 is 0 Å². The SMILES string of the molecule is NCc1cnc(C2C3CC4CC(C3)CC2C4)cn1. The Hall–Kier alpha value is -0.960. The lowest BCUT2D eigenvalue weighted by atomic mass is 9.51. The Labute approximate surface area is 108 Å². The molecule has 4 fully saturated rings. The van der Waals surface area contributed by atoms with Crippen LogP contribution < -0.4 is 5.73 Å². The van der Waals surface area contributed by atoms with Gasteiger partial charge in [-0.2, -0.15) is 0 Å². The summed E-state index contributed by atoms with van der Waals surface area (Å²) < 4.78 is 0. The first-order valence-electron chi connectivity index (χ1n) is 7.34. The summed E-state index contributed by atoms with van der Waals surface area (Å²) in [7, 11) is 0. The van der Waals surface area contributed by atoms with Crippen molar-refractivity contribution in [3.8, 4) is 0 Å². The molecule has 2 N–H and O–H groups in total. The van der Waals surface area contributed by atoms with E-state index in [1.165, 1.54) is 37.8 Å². The van der Waals surface area contributed by atoms with Gasteiger partial charge < -0.3 is 5.73 Å². The Kier molecular flexibility index (Phi) is 2.44. The molecule has 0 atom stereocenters. The highest BCUT2D eigenvalue weighted by Gasteiger charge is 2.49. The fourth-order valence-electron chi connectivity index (χ4n) is 5.05. The molecule has 0 aliphatic heterocycles. The highest BCUT2D eigenvalue weighted by Crippen LogP contribution is 2.59. The first-order chi connectivity index (χ1) is 8.83. The zero-order valence-corrected chi connectivity index (χ0v) is 10.8. The second-order valence-electron chi connectivity index (χ2n) is 6.59. The maximum Gasteiger partial charge on any atom is 0.0722 e. The van der Waals surface area contributed by atoms with E-state index in [-0.39, 0.29) is 0 Å². The van der Waals surface area contributed by atoms with Crippen LogP contribution >= 0.6 is 0 Å². The molecule has 0 spiro atoms. The van der Waals surface area contributed by atoms with Crippen molar-refractivity contribution in [1.82, 2.24) is 9.97 Å². The first-order valence-corrected chi connectivity index (χ1v) is 7.34. The highest BCUT2D eigenvalue weighted by molar-refractivity contribution is 5.15. The molecule has 4 aliphatic rings. The van der Waals surface area contributed by atoms with Gasteiger partial charge in [-0.05, 0) is 55.8 Å². The van der Waals surface area contributed by atoms with Crippen molar-refractivity contribution in [3.63, 3.8) is 0 Å². The normalized spacial score (nSPS) is 41.3. The van der Waals surface area contributed by atoms with E-state index in [9.17, 15) is 0 Å². The number of rotatable bonds is 2. The topological polar surface area (TPSA) is 51.8 Å². The average Bonchev–Trinajstić information content (AvgIpc) is 2.38. The van der Waals surface area contributed by atoms with E-state index < -0.39 is 0 Å². The van der Waals surface area contributed by atoms with Crippen molar-refractivity contribution >= 4 is 0 Å². The van der Waals surface area contributed by atoms with Crippen molar-refractivity contribution in [1.29, 1.82) is 0 Å². The highest BCUT2D eigenvalue weighted by atomic mass is 14.8. The molecule has 0 amide bonds. The molecule has 0 aromatic carbocycles. The standard InChI is InChI=1S/C15H21N3/c16-6-13-7-18-14(8-17-13)15-11-2-9-1-10(4-11)5-12(15)3-9/h7-12,15H,1-6,16H2. The van der Waals surface area contributed by atoms with Gasteiger partial charge in [-0.1, -0.05) is 0 Å². The molecule has 1 aromatic heterocycles. The van der Waals surface area contributed by atoms with Crippen LogP contribution in [0.1, 0.15) is 49.4 Å². The summed E-state index contributed by atoms with van der Waals surface area (Å²) in [6.45, 7) is 0.495. The second kappa shape index (κ2) is 4.02. The van der Waals surface area contributed by atoms with Crippen LogP contribution in [-0.4, -0.2) is 9.97 Å². The molecule has 5 rings (SSSR count). The minimum absolute atomic E-state index is 0.495. The first kappa shape index (κ1) is 10.9. The predicted octanol–water partition coefficient (Wildman–Crippen LogP) is 2.48. The lowest BCUT2D eigenvalue weighted by Gasteiger charge is -2.54. The smallest absolute Gasteiger partial charge is 0.0722 e. The van der Waals surface area contributed by atoms with Gasteiger partial charge in [-0.25, -0.2) is 0 Å². The number of nitrogens with zero attached hydrogens (tertiary/aromatic N) is 2. The molecule has 96 valence electrons. The summed E-state index contributed by atoms with van der Waals surface area (Å²) >= 11 is 0. The van der Waals surface area contributed by atoms with E-state index in [1.807, 2.05) is 12.4 Å². The molecule has 0 saturated heterocycles. The third-order valence-electron chi connectivity index (χ3n) is 5.50. The summed E-state index contributed by atoms with van der Waals surface area (Å²) in [5, 5.41) is 0. The molecule has 0 unspecified atom stereocenters. The zero-order chi connectivity index (χ0) is 12.1. The van der Waals surface area contributed by atoms with E-state index in [1.54, 1.807) is 0 Å². The number of hydrogen-bond acceptors (Lipinski definition) is 3. The molecule has 0 radical (unpaired) electrons. The molecule has 3 nitrogen and oxygen atoms in total. The van der Waals surface area contributed by atoms with E-state index in [0.717, 1.165) is 29.4 Å². The predicted molar refractivity (Wildman–Crippen MR) is 69.7 cm³/mol. The summed E-state index contributed by atoms with van der Waals surface area (Å²) in [5.41, 5.74) is 7.73. The third kappa shape index (κ3) is 1.60. The Morgan fingerprint density at radius 2 is 1.61 bits per heavy atom. The van der Waals surface area contributed by atoms with Crippen LogP contribution in [0.15, 0.2) is 12.4 Å². The maximum absolute atomic E-state index is 5.59. The lowest BCUT2D eigenvalue weighted by molar-refractivity contribution is -0.00428. The van der Waals surface area contributed by atoms with Crippen molar-refractivity contribution < 1.29 is 0 Å². The quantitative estimate of drug-likeness (QED) is 0.868. The van der Waals surface area contributed by atoms with Crippen molar-refractivity contribution in [2.24, 2.45) is 29.4 Å². The Bertz CT molecular complexity index is 412. The summed E-state index contributed by atoms with van der Waals surface area (Å²) in [5.74, 6) is 4.52. The minimum atomic E-state index is 0.495. The Morgan fingerprint density at radius 1 is 0.944 bits per heavy atom. The van der Waals surface area contributed by atoms with Crippen molar-refractivity contribution in [3.05, 3.63) is 23.8 Å². The van der Waals surface area contributed by atoms with Crippen LogP contribution in [0.5, 0.6) is 0 Å². The largest absolute Gasteiger partial charge is 0.325 e. The number of hydrogen-bond donors (Lipinski definition) is 1.